The van der Waals surface area contributed by atoms with Gasteiger partial charge in [-0.1, -0.05) is 6.92 Å². The summed E-state index contributed by atoms with van der Waals surface area (Å²) < 4.78 is 5.72. The summed E-state index contributed by atoms with van der Waals surface area (Å²) in [7, 11) is 0. The summed E-state index contributed by atoms with van der Waals surface area (Å²) in [6.07, 6.45) is 3.66. The van der Waals surface area contributed by atoms with E-state index in [1.807, 2.05) is 0 Å². The highest BCUT2D eigenvalue weighted by molar-refractivity contribution is 4.88. The van der Waals surface area contributed by atoms with E-state index in [0.29, 0.717) is 12.2 Å². The zero-order valence-electron chi connectivity index (χ0n) is 8.99. The maximum Gasteiger partial charge on any atom is 0.0678 e. The summed E-state index contributed by atoms with van der Waals surface area (Å²) in [5.74, 6) is 0.957. The molecule has 0 aromatic heterocycles. The molecule has 1 aliphatic carbocycles. The number of rotatable bonds is 1. The Kier molecular flexibility index (Phi) is 2.61. The molecule has 1 saturated heterocycles. The van der Waals surface area contributed by atoms with Gasteiger partial charge >= 0.3 is 0 Å². The van der Waals surface area contributed by atoms with Crippen molar-refractivity contribution in [2.75, 3.05) is 13.1 Å². The van der Waals surface area contributed by atoms with E-state index < -0.39 is 0 Å². The lowest BCUT2D eigenvalue weighted by molar-refractivity contribution is -0.0950. The van der Waals surface area contributed by atoms with Gasteiger partial charge in [-0.25, -0.2) is 0 Å². The molecule has 0 aromatic carbocycles. The minimum Gasteiger partial charge on any atom is -0.373 e. The quantitative estimate of drug-likeness (QED) is 0.615. The fraction of sp³-hybridized carbons (Fsp3) is 1.00. The Balaban J connectivity index is 1.85. The molecule has 0 aromatic rings. The first-order valence-corrected chi connectivity index (χ1v) is 5.54. The fourth-order valence-corrected chi connectivity index (χ4v) is 2.67. The Morgan fingerprint density at radius 2 is 1.54 bits per heavy atom. The van der Waals surface area contributed by atoms with Crippen LogP contribution in [0.2, 0.25) is 0 Å². The van der Waals surface area contributed by atoms with Gasteiger partial charge in [0, 0.05) is 19.1 Å². The molecule has 2 rings (SSSR count). The summed E-state index contributed by atoms with van der Waals surface area (Å²) in [5, 5.41) is 0. The predicted molar refractivity (Wildman–Crippen MR) is 53.8 cm³/mol. The van der Waals surface area contributed by atoms with Gasteiger partial charge in [0.2, 0.25) is 0 Å². The van der Waals surface area contributed by atoms with Gasteiger partial charge in [0.25, 0.3) is 0 Å². The molecule has 0 N–H and O–H groups in total. The Hall–Kier alpha value is -0.0800. The molecule has 13 heavy (non-hydrogen) atoms. The van der Waals surface area contributed by atoms with Gasteiger partial charge in [-0.15, -0.1) is 0 Å². The molecule has 1 heterocycles. The summed E-state index contributed by atoms with van der Waals surface area (Å²) in [5.41, 5.74) is 0. The van der Waals surface area contributed by atoms with Crippen LogP contribution in [0.15, 0.2) is 0 Å². The van der Waals surface area contributed by atoms with Gasteiger partial charge < -0.3 is 4.74 Å². The van der Waals surface area contributed by atoms with Crippen LogP contribution in [0.1, 0.15) is 33.6 Å². The van der Waals surface area contributed by atoms with Gasteiger partial charge in [-0.3, -0.25) is 4.90 Å². The van der Waals surface area contributed by atoms with Gasteiger partial charge in [0.05, 0.1) is 12.2 Å². The normalized spacial score (nSPS) is 47.3. The SMILES string of the molecule is CC1CC(N2C[C@@H](C)O[C@@H](C)C2)C1. The average molecular weight is 183 g/mol. The molecule has 1 saturated carbocycles. The van der Waals surface area contributed by atoms with Crippen molar-refractivity contribution >= 4 is 0 Å². The second-order valence-electron chi connectivity index (χ2n) is 4.94. The van der Waals surface area contributed by atoms with Crippen LogP contribution in [-0.2, 0) is 4.74 Å². The van der Waals surface area contributed by atoms with Crippen molar-refractivity contribution in [3.8, 4) is 0 Å². The van der Waals surface area contributed by atoms with Crippen LogP contribution >= 0.6 is 0 Å². The maximum atomic E-state index is 5.72. The number of hydrogen-bond donors (Lipinski definition) is 0. The molecule has 0 bridgehead atoms. The Bertz CT molecular complexity index is 167. The molecule has 0 unspecified atom stereocenters. The maximum absolute atomic E-state index is 5.72. The van der Waals surface area contributed by atoms with Crippen molar-refractivity contribution in [3.05, 3.63) is 0 Å². The fourth-order valence-electron chi connectivity index (χ4n) is 2.67. The molecule has 0 spiro atoms. The Labute approximate surface area is 81.3 Å². The van der Waals surface area contributed by atoms with E-state index in [1.54, 1.807) is 0 Å². The minimum absolute atomic E-state index is 0.430. The first-order valence-electron chi connectivity index (χ1n) is 5.54. The molecule has 0 amide bonds. The van der Waals surface area contributed by atoms with E-state index in [1.165, 1.54) is 12.8 Å². The van der Waals surface area contributed by atoms with E-state index in [4.69, 9.17) is 4.74 Å². The lowest BCUT2D eigenvalue weighted by Gasteiger charge is -2.46. The highest BCUT2D eigenvalue weighted by atomic mass is 16.5. The van der Waals surface area contributed by atoms with Crippen LogP contribution < -0.4 is 0 Å². The van der Waals surface area contributed by atoms with Gasteiger partial charge in [-0.05, 0) is 32.6 Å². The molecule has 76 valence electrons. The molecular weight excluding hydrogens is 162 g/mol. The third kappa shape index (κ3) is 2.05. The topological polar surface area (TPSA) is 12.5 Å². The number of nitrogens with zero attached hydrogens (tertiary/aromatic N) is 1. The molecule has 1 aliphatic heterocycles. The first-order chi connectivity index (χ1) is 6.15. The second kappa shape index (κ2) is 3.58. The molecule has 2 atom stereocenters. The van der Waals surface area contributed by atoms with Crippen LogP contribution in [0.25, 0.3) is 0 Å². The average Bonchev–Trinajstić information content (AvgIpc) is 1.96. The van der Waals surface area contributed by atoms with Crippen LogP contribution in [-0.4, -0.2) is 36.2 Å². The standard InChI is InChI=1S/C11H21NO/c1-8-4-11(5-8)12-6-9(2)13-10(3)7-12/h8-11H,4-7H2,1-3H3/t8?,9-,10+,11?. The summed E-state index contributed by atoms with van der Waals surface area (Å²) in [6.45, 7) is 9.00. The lowest BCUT2D eigenvalue weighted by Crippen LogP contribution is -2.53. The van der Waals surface area contributed by atoms with Gasteiger partial charge in [-0.2, -0.15) is 0 Å². The van der Waals surface area contributed by atoms with Gasteiger partial charge in [0.15, 0.2) is 0 Å². The molecule has 2 heteroatoms. The van der Waals surface area contributed by atoms with Crippen molar-refractivity contribution in [1.29, 1.82) is 0 Å². The van der Waals surface area contributed by atoms with E-state index in [9.17, 15) is 0 Å². The number of morpholine rings is 1. The van der Waals surface area contributed by atoms with Crippen LogP contribution in [0.3, 0.4) is 0 Å². The van der Waals surface area contributed by atoms with E-state index >= 15 is 0 Å². The number of ether oxygens (including phenoxy) is 1. The molecular formula is C11H21NO. The Morgan fingerprint density at radius 1 is 1.00 bits per heavy atom. The minimum atomic E-state index is 0.430. The summed E-state index contributed by atoms with van der Waals surface area (Å²) in [4.78, 5) is 2.62. The third-order valence-corrected chi connectivity index (χ3v) is 3.31. The molecule has 2 fully saturated rings. The highest BCUT2D eigenvalue weighted by Gasteiger charge is 2.34. The highest BCUT2D eigenvalue weighted by Crippen LogP contribution is 2.32. The molecule has 0 radical (unpaired) electrons. The van der Waals surface area contributed by atoms with E-state index in [2.05, 4.69) is 25.7 Å². The largest absolute Gasteiger partial charge is 0.373 e. The smallest absolute Gasteiger partial charge is 0.0678 e. The summed E-state index contributed by atoms with van der Waals surface area (Å²) in [6, 6.07) is 0.865. The monoisotopic (exact) mass is 183 g/mol. The van der Waals surface area contributed by atoms with Gasteiger partial charge in [0.1, 0.15) is 0 Å². The van der Waals surface area contributed by atoms with Crippen LogP contribution in [0, 0.1) is 5.92 Å². The van der Waals surface area contributed by atoms with Crippen molar-refractivity contribution in [3.63, 3.8) is 0 Å². The summed E-state index contributed by atoms with van der Waals surface area (Å²) >= 11 is 0. The third-order valence-electron chi connectivity index (χ3n) is 3.31. The second-order valence-corrected chi connectivity index (χ2v) is 4.94. The zero-order chi connectivity index (χ0) is 9.42. The van der Waals surface area contributed by atoms with Crippen molar-refractivity contribution in [2.24, 2.45) is 5.92 Å². The van der Waals surface area contributed by atoms with Crippen molar-refractivity contribution in [2.45, 2.75) is 51.9 Å². The lowest BCUT2D eigenvalue weighted by atomic mass is 9.80. The van der Waals surface area contributed by atoms with E-state index in [0.717, 1.165) is 25.0 Å². The van der Waals surface area contributed by atoms with Crippen LogP contribution in [0.5, 0.6) is 0 Å². The Morgan fingerprint density at radius 3 is 2.00 bits per heavy atom. The van der Waals surface area contributed by atoms with E-state index in [-0.39, 0.29) is 0 Å². The van der Waals surface area contributed by atoms with Crippen LogP contribution in [0.4, 0.5) is 0 Å². The molecule has 2 nitrogen and oxygen atoms in total. The van der Waals surface area contributed by atoms with Crippen molar-refractivity contribution < 1.29 is 4.74 Å². The first kappa shape index (κ1) is 9.47. The zero-order valence-corrected chi connectivity index (χ0v) is 8.99. The predicted octanol–water partition coefficient (Wildman–Crippen LogP) is 1.89. The van der Waals surface area contributed by atoms with Crippen molar-refractivity contribution in [1.82, 2.24) is 4.90 Å². The number of hydrogen-bond acceptors (Lipinski definition) is 2. The molecule has 2 aliphatic rings.